The maximum Gasteiger partial charge on any atom is 0.0710 e. The van der Waals surface area contributed by atoms with E-state index in [-0.39, 0.29) is 0 Å². The van der Waals surface area contributed by atoms with Crippen molar-refractivity contribution in [1.29, 1.82) is 0 Å². The minimum atomic E-state index is 1.03. The number of benzene rings is 3. The van der Waals surface area contributed by atoms with Gasteiger partial charge in [-0.3, -0.25) is 0 Å². The van der Waals surface area contributed by atoms with Crippen LogP contribution in [0.15, 0.2) is 78.9 Å². The second-order valence-corrected chi connectivity index (χ2v) is 6.78. The van der Waals surface area contributed by atoms with Crippen LogP contribution in [0.3, 0.4) is 0 Å². The molecule has 5 aromatic rings. The summed E-state index contributed by atoms with van der Waals surface area (Å²) in [5.41, 5.74) is 3.25. The van der Waals surface area contributed by atoms with Gasteiger partial charge < -0.3 is 0 Å². The summed E-state index contributed by atoms with van der Waals surface area (Å²) in [6.45, 7) is 0. The average molecular weight is 311 g/mol. The molecule has 3 aromatic carbocycles. The molecule has 0 spiro atoms. The topological polar surface area (TPSA) is 12.9 Å². The van der Waals surface area contributed by atoms with Crippen molar-refractivity contribution in [1.82, 2.24) is 4.98 Å². The number of aromatic nitrogens is 1. The zero-order valence-electron chi connectivity index (χ0n) is 12.4. The predicted octanol–water partition coefficient (Wildman–Crippen LogP) is 6.27. The largest absolute Gasteiger partial charge is 0.248 e. The average Bonchev–Trinajstić information content (AvgIpc) is 2.99. The first kappa shape index (κ1) is 12.8. The first-order valence-corrected chi connectivity index (χ1v) is 8.48. The molecule has 2 heterocycles. The van der Waals surface area contributed by atoms with Gasteiger partial charge in [0.05, 0.1) is 11.2 Å². The van der Waals surface area contributed by atoms with Crippen molar-refractivity contribution in [3.8, 4) is 11.3 Å². The van der Waals surface area contributed by atoms with Crippen LogP contribution >= 0.6 is 11.3 Å². The van der Waals surface area contributed by atoms with E-state index in [0.29, 0.717) is 0 Å². The number of hydrogen-bond donors (Lipinski definition) is 0. The van der Waals surface area contributed by atoms with Crippen LogP contribution in [-0.4, -0.2) is 4.98 Å². The van der Waals surface area contributed by atoms with Gasteiger partial charge in [-0.15, -0.1) is 11.3 Å². The lowest BCUT2D eigenvalue weighted by Crippen LogP contribution is -1.84. The number of thiophene rings is 1. The Balaban J connectivity index is 1.73. The van der Waals surface area contributed by atoms with Gasteiger partial charge in [0.2, 0.25) is 0 Å². The van der Waals surface area contributed by atoms with E-state index in [1.54, 1.807) is 0 Å². The minimum Gasteiger partial charge on any atom is -0.248 e. The second-order valence-electron chi connectivity index (χ2n) is 5.70. The predicted molar refractivity (Wildman–Crippen MR) is 100 cm³/mol. The van der Waals surface area contributed by atoms with Crippen LogP contribution in [-0.2, 0) is 0 Å². The Kier molecular flexibility index (Phi) is 2.73. The lowest BCUT2D eigenvalue weighted by molar-refractivity contribution is 1.40. The van der Waals surface area contributed by atoms with Crippen molar-refractivity contribution in [3.05, 3.63) is 78.9 Å². The molecular formula is C21H13NS. The summed E-state index contributed by atoms with van der Waals surface area (Å²) in [6.07, 6.45) is 0. The van der Waals surface area contributed by atoms with E-state index in [1.807, 2.05) is 23.5 Å². The maximum absolute atomic E-state index is 4.81. The first-order valence-electron chi connectivity index (χ1n) is 7.66. The van der Waals surface area contributed by atoms with Crippen molar-refractivity contribution in [3.63, 3.8) is 0 Å². The normalized spacial score (nSPS) is 11.5. The molecule has 0 atom stereocenters. The molecule has 0 aliphatic rings. The summed E-state index contributed by atoms with van der Waals surface area (Å²) in [6, 6.07) is 27.8. The summed E-state index contributed by atoms with van der Waals surface area (Å²) >= 11 is 1.85. The Morgan fingerprint density at radius 2 is 1.48 bits per heavy atom. The molecule has 0 unspecified atom stereocenters. The molecular weight excluding hydrogens is 298 g/mol. The van der Waals surface area contributed by atoms with E-state index < -0.39 is 0 Å². The van der Waals surface area contributed by atoms with Gasteiger partial charge in [-0.25, -0.2) is 4.98 Å². The highest BCUT2D eigenvalue weighted by molar-refractivity contribution is 7.25. The Morgan fingerprint density at radius 3 is 2.48 bits per heavy atom. The van der Waals surface area contributed by atoms with Crippen LogP contribution in [0.5, 0.6) is 0 Å². The Labute approximate surface area is 137 Å². The molecule has 0 amide bonds. The molecule has 0 saturated heterocycles. The number of hydrogen-bond acceptors (Lipinski definition) is 2. The van der Waals surface area contributed by atoms with Crippen LogP contribution in [0.25, 0.3) is 42.3 Å². The van der Waals surface area contributed by atoms with Gasteiger partial charge in [0.15, 0.2) is 0 Å². The van der Waals surface area contributed by atoms with Crippen molar-refractivity contribution in [2.75, 3.05) is 0 Å². The Hall–Kier alpha value is -2.71. The van der Waals surface area contributed by atoms with E-state index in [2.05, 4.69) is 66.7 Å². The third kappa shape index (κ3) is 2.03. The molecule has 0 saturated carbocycles. The lowest BCUT2D eigenvalue weighted by Gasteiger charge is -2.03. The molecule has 1 nitrogen and oxygen atoms in total. The lowest BCUT2D eigenvalue weighted by atomic mass is 10.1. The number of para-hydroxylation sites is 1. The molecule has 108 valence electrons. The SMILES string of the molecule is c1ccc2nc(-c3ccc4c(c3)sc3ccccc34)ccc2c1. The highest BCUT2D eigenvalue weighted by Crippen LogP contribution is 2.36. The molecule has 2 aromatic heterocycles. The fourth-order valence-corrected chi connectivity index (χ4v) is 4.26. The van der Waals surface area contributed by atoms with Crippen LogP contribution in [0.1, 0.15) is 0 Å². The molecule has 2 heteroatoms. The van der Waals surface area contributed by atoms with E-state index in [0.717, 1.165) is 11.2 Å². The Morgan fingerprint density at radius 1 is 0.652 bits per heavy atom. The summed E-state index contributed by atoms with van der Waals surface area (Å²) in [4.78, 5) is 4.81. The smallest absolute Gasteiger partial charge is 0.0710 e. The number of pyridine rings is 1. The molecule has 0 bridgehead atoms. The fraction of sp³-hybridized carbons (Fsp3) is 0. The van der Waals surface area contributed by atoms with E-state index in [1.165, 1.54) is 31.1 Å². The highest BCUT2D eigenvalue weighted by atomic mass is 32.1. The highest BCUT2D eigenvalue weighted by Gasteiger charge is 2.07. The van der Waals surface area contributed by atoms with Gasteiger partial charge in [-0.1, -0.05) is 54.6 Å². The van der Waals surface area contributed by atoms with Crippen LogP contribution in [0.4, 0.5) is 0 Å². The van der Waals surface area contributed by atoms with Gasteiger partial charge in [-0.2, -0.15) is 0 Å². The maximum atomic E-state index is 4.81. The molecule has 0 fully saturated rings. The standard InChI is InChI=1S/C21H13NS/c1-3-7-18-14(5-1)10-12-19(22-18)15-9-11-17-16-6-2-4-8-20(16)23-21(17)13-15/h1-13H. The third-order valence-electron chi connectivity index (χ3n) is 4.27. The number of rotatable bonds is 1. The van der Waals surface area contributed by atoms with Gasteiger partial charge in [0.1, 0.15) is 0 Å². The molecule has 5 rings (SSSR count). The molecule has 0 aliphatic carbocycles. The third-order valence-corrected chi connectivity index (χ3v) is 5.41. The van der Waals surface area contributed by atoms with E-state index in [9.17, 15) is 0 Å². The summed E-state index contributed by atoms with van der Waals surface area (Å²) in [5.74, 6) is 0. The quantitative estimate of drug-likeness (QED) is 0.355. The molecule has 0 N–H and O–H groups in total. The molecule has 23 heavy (non-hydrogen) atoms. The Bertz CT molecular complexity index is 1170. The van der Waals surface area contributed by atoms with E-state index >= 15 is 0 Å². The van der Waals surface area contributed by atoms with Crippen molar-refractivity contribution in [2.24, 2.45) is 0 Å². The van der Waals surface area contributed by atoms with Crippen LogP contribution < -0.4 is 0 Å². The van der Waals surface area contributed by atoms with Gasteiger partial charge in [0.25, 0.3) is 0 Å². The summed E-state index contributed by atoms with van der Waals surface area (Å²) in [7, 11) is 0. The van der Waals surface area contributed by atoms with Crippen molar-refractivity contribution in [2.45, 2.75) is 0 Å². The zero-order chi connectivity index (χ0) is 15.2. The molecule has 0 radical (unpaired) electrons. The minimum absolute atomic E-state index is 1.03. The van der Waals surface area contributed by atoms with E-state index in [4.69, 9.17) is 4.98 Å². The van der Waals surface area contributed by atoms with Gasteiger partial charge in [-0.05, 0) is 24.3 Å². The second kappa shape index (κ2) is 4.90. The zero-order valence-corrected chi connectivity index (χ0v) is 13.2. The van der Waals surface area contributed by atoms with Crippen molar-refractivity contribution >= 4 is 42.4 Å². The first-order chi connectivity index (χ1) is 11.4. The monoisotopic (exact) mass is 311 g/mol. The van der Waals surface area contributed by atoms with Crippen LogP contribution in [0, 0.1) is 0 Å². The van der Waals surface area contributed by atoms with Gasteiger partial charge in [0, 0.05) is 31.1 Å². The van der Waals surface area contributed by atoms with Gasteiger partial charge >= 0.3 is 0 Å². The van der Waals surface area contributed by atoms with Crippen molar-refractivity contribution < 1.29 is 0 Å². The summed E-state index contributed by atoms with van der Waals surface area (Å²) < 4.78 is 2.66. The molecule has 0 aliphatic heterocycles. The summed E-state index contributed by atoms with van der Waals surface area (Å²) in [5, 5.41) is 3.85. The van der Waals surface area contributed by atoms with Crippen LogP contribution in [0.2, 0.25) is 0 Å². The number of fused-ring (bicyclic) bond motifs is 4. The number of nitrogens with zero attached hydrogens (tertiary/aromatic N) is 1. The fourth-order valence-electron chi connectivity index (χ4n) is 3.11.